The van der Waals surface area contributed by atoms with Crippen LogP contribution in [0.4, 0.5) is 18.9 Å². The number of isothiocyanates is 1. The number of halogens is 3. The first-order chi connectivity index (χ1) is 15.5. The molecule has 0 aliphatic heterocycles. The molecule has 3 aromatic carbocycles. The Morgan fingerprint density at radius 2 is 1.53 bits per heavy atom. The predicted octanol–water partition coefficient (Wildman–Crippen LogP) is 7.81. The average molecular weight is 450 g/mol. The summed E-state index contributed by atoms with van der Waals surface area (Å²) in [6, 6.07) is 12.9. The zero-order valence-corrected chi connectivity index (χ0v) is 18.8. The van der Waals surface area contributed by atoms with E-state index in [-0.39, 0.29) is 11.3 Å². The molecule has 1 nitrogen and oxygen atoms in total. The highest BCUT2D eigenvalue weighted by Gasteiger charge is 2.10. The van der Waals surface area contributed by atoms with Gasteiger partial charge < -0.3 is 0 Å². The number of benzene rings is 3. The molecular formula is C27H22F3NS. The Morgan fingerprint density at radius 3 is 2.16 bits per heavy atom. The number of aryl methyl sites for hydroxylation is 2. The number of rotatable bonds is 6. The van der Waals surface area contributed by atoms with Crippen molar-refractivity contribution in [1.29, 1.82) is 0 Å². The van der Waals surface area contributed by atoms with Gasteiger partial charge in [-0.3, -0.25) is 0 Å². The number of aliphatic imine (C=N–C) groups is 1. The first-order valence-electron chi connectivity index (χ1n) is 10.5. The van der Waals surface area contributed by atoms with Gasteiger partial charge in [0.15, 0.2) is 0 Å². The van der Waals surface area contributed by atoms with Gasteiger partial charge >= 0.3 is 0 Å². The molecule has 0 aromatic heterocycles. The van der Waals surface area contributed by atoms with Crippen molar-refractivity contribution in [1.82, 2.24) is 0 Å². The number of thiocarbonyl (C=S) groups is 1. The van der Waals surface area contributed by atoms with Gasteiger partial charge in [-0.15, -0.1) is 0 Å². The number of nitrogens with zero attached hydrogens (tertiary/aromatic N) is 1. The van der Waals surface area contributed by atoms with Crippen LogP contribution in [0.3, 0.4) is 0 Å². The van der Waals surface area contributed by atoms with Gasteiger partial charge in [-0.2, -0.15) is 4.99 Å². The SMILES string of the molecule is CCCCc1cc(F)c(C#Cc2ccc(-c3ccc(N=C=S)c(F)c3)cc2CC)c(F)c1. The monoisotopic (exact) mass is 449 g/mol. The molecule has 32 heavy (non-hydrogen) atoms. The molecule has 0 fully saturated rings. The number of unbranched alkanes of at least 4 members (excludes halogenated alkanes) is 1. The fourth-order valence-corrected chi connectivity index (χ4v) is 3.51. The molecule has 0 heterocycles. The molecule has 0 N–H and O–H groups in total. The van der Waals surface area contributed by atoms with Crippen LogP contribution in [0.25, 0.3) is 11.1 Å². The quantitative estimate of drug-likeness (QED) is 0.212. The van der Waals surface area contributed by atoms with Gasteiger partial charge in [-0.25, -0.2) is 13.2 Å². The van der Waals surface area contributed by atoms with E-state index < -0.39 is 17.5 Å². The van der Waals surface area contributed by atoms with E-state index in [0.717, 1.165) is 24.0 Å². The summed E-state index contributed by atoms with van der Waals surface area (Å²) in [6.45, 7) is 4.00. The Kier molecular flexibility index (Phi) is 8.00. The lowest BCUT2D eigenvalue weighted by molar-refractivity contribution is 0.572. The lowest BCUT2D eigenvalue weighted by Gasteiger charge is -2.08. The molecule has 162 valence electrons. The summed E-state index contributed by atoms with van der Waals surface area (Å²) in [6.07, 6.45) is 3.13. The Hall–Kier alpha value is -3.19. The van der Waals surface area contributed by atoms with Crippen molar-refractivity contribution in [3.05, 3.63) is 88.2 Å². The zero-order chi connectivity index (χ0) is 23.1. The first kappa shape index (κ1) is 23.5. The van der Waals surface area contributed by atoms with Crippen LogP contribution >= 0.6 is 12.2 Å². The van der Waals surface area contributed by atoms with Crippen molar-refractivity contribution in [3.8, 4) is 23.0 Å². The minimum Gasteiger partial charge on any atom is -0.206 e. The van der Waals surface area contributed by atoms with E-state index in [9.17, 15) is 13.2 Å². The molecular weight excluding hydrogens is 427 g/mol. The second kappa shape index (κ2) is 10.9. The van der Waals surface area contributed by atoms with Gasteiger partial charge in [0.2, 0.25) is 0 Å². The Balaban J connectivity index is 1.93. The van der Waals surface area contributed by atoms with Gasteiger partial charge in [0, 0.05) is 5.56 Å². The largest absolute Gasteiger partial charge is 0.206 e. The van der Waals surface area contributed by atoms with E-state index in [2.05, 4.69) is 34.2 Å². The smallest absolute Gasteiger partial charge is 0.150 e. The Bertz CT molecular complexity index is 1220. The standard InChI is InChI=1S/C27H22F3NS/c1-3-5-6-18-13-24(28)23(25(29)14-18)11-9-20-7-8-21(15-19(20)4-2)22-10-12-27(31-17-32)26(30)16-22/h7-8,10,12-16H,3-6H2,1-2H3. The number of hydrogen-bond acceptors (Lipinski definition) is 2. The van der Waals surface area contributed by atoms with Crippen molar-refractivity contribution in [3.63, 3.8) is 0 Å². The van der Waals surface area contributed by atoms with Crippen LogP contribution in [-0.2, 0) is 12.8 Å². The highest BCUT2D eigenvalue weighted by Crippen LogP contribution is 2.27. The molecule has 0 bridgehead atoms. The third kappa shape index (κ3) is 5.53. The van der Waals surface area contributed by atoms with E-state index in [4.69, 9.17) is 0 Å². The third-order valence-corrected chi connectivity index (χ3v) is 5.27. The molecule has 0 atom stereocenters. The highest BCUT2D eigenvalue weighted by atomic mass is 32.1. The van der Waals surface area contributed by atoms with Gasteiger partial charge in [0.05, 0.1) is 10.7 Å². The fraction of sp³-hybridized carbons (Fsp3) is 0.222. The van der Waals surface area contributed by atoms with E-state index in [1.165, 1.54) is 18.2 Å². The van der Waals surface area contributed by atoms with Crippen LogP contribution in [0, 0.1) is 29.3 Å². The van der Waals surface area contributed by atoms with Crippen LogP contribution in [0.5, 0.6) is 0 Å². The number of hydrogen-bond donors (Lipinski definition) is 0. The molecule has 3 aromatic rings. The Morgan fingerprint density at radius 1 is 0.844 bits per heavy atom. The molecule has 3 rings (SSSR count). The van der Waals surface area contributed by atoms with Crippen molar-refractivity contribution in [2.75, 3.05) is 0 Å². The summed E-state index contributed by atoms with van der Waals surface area (Å²) in [4.78, 5) is 3.69. The normalized spacial score (nSPS) is 10.3. The second-order valence-electron chi connectivity index (χ2n) is 7.38. The van der Waals surface area contributed by atoms with Crippen LogP contribution in [0.15, 0.2) is 53.5 Å². The molecule has 0 saturated carbocycles. The summed E-state index contributed by atoms with van der Waals surface area (Å²) < 4.78 is 43.1. The maximum Gasteiger partial charge on any atom is 0.150 e. The van der Waals surface area contributed by atoms with Crippen molar-refractivity contribution in [2.45, 2.75) is 39.5 Å². The third-order valence-electron chi connectivity index (χ3n) is 5.18. The molecule has 0 radical (unpaired) electrons. The van der Waals surface area contributed by atoms with Crippen LogP contribution < -0.4 is 0 Å². The lowest BCUT2D eigenvalue weighted by Crippen LogP contribution is -1.96. The zero-order valence-electron chi connectivity index (χ0n) is 17.9. The highest BCUT2D eigenvalue weighted by molar-refractivity contribution is 7.78. The van der Waals surface area contributed by atoms with Gasteiger partial charge in [-0.1, -0.05) is 44.2 Å². The first-order valence-corrected chi connectivity index (χ1v) is 10.9. The van der Waals surface area contributed by atoms with E-state index >= 15 is 0 Å². The maximum absolute atomic E-state index is 14.4. The van der Waals surface area contributed by atoms with Gasteiger partial charge in [0.25, 0.3) is 0 Å². The molecule has 0 amide bonds. The topological polar surface area (TPSA) is 12.4 Å². The molecule has 5 heteroatoms. The average Bonchev–Trinajstić information content (AvgIpc) is 2.78. The molecule has 0 aliphatic carbocycles. The van der Waals surface area contributed by atoms with Crippen molar-refractivity contribution >= 4 is 23.1 Å². The van der Waals surface area contributed by atoms with E-state index in [1.54, 1.807) is 24.3 Å². The van der Waals surface area contributed by atoms with Crippen LogP contribution in [0.2, 0.25) is 0 Å². The summed E-state index contributed by atoms with van der Waals surface area (Å²) >= 11 is 4.52. The maximum atomic E-state index is 14.4. The van der Waals surface area contributed by atoms with E-state index in [0.29, 0.717) is 29.5 Å². The van der Waals surface area contributed by atoms with Crippen LogP contribution in [0.1, 0.15) is 48.9 Å². The molecule has 0 saturated heterocycles. The fourth-order valence-electron chi connectivity index (χ4n) is 3.41. The second-order valence-corrected chi connectivity index (χ2v) is 7.57. The van der Waals surface area contributed by atoms with Crippen LogP contribution in [-0.4, -0.2) is 5.16 Å². The minimum absolute atomic E-state index is 0.131. The van der Waals surface area contributed by atoms with E-state index in [1.807, 2.05) is 19.9 Å². The minimum atomic E-state index is -0.646. The summed E-state index contributed by atoms with van der Waals surface area (Å²) in [7, 11) is 0. The van der Waals surface area contributed by atoms with Crippen molar-refractivity contribution in [2.24, 2.45) is 4.99 Å². The van der Waals surface area contributed by atoms with Crippen molar-refractivity contribution < 1.29 is 13.2 Å². The molecule has 0 spiro atoms. The summed E-state index contributed by atoms with van der Waals surface area (Å²) in [5, 5.41) is 2.16. The predicted molar refractivity (Wildman–Crippen MR) is 127 cm³/mol. The molecule has 0 unspecified atom stereocenters. The summed E-state index contributed by atoms with van der Waals surface area (Å²) in [5.41, 5.74) is 3.60. The Labute approximate surface area is 192 Å². The summed E-state index contributed by atoms with van der Waals surface area (Å²) in [5.74, 6) is 3.78. The van der Waals surface area contributed by atoms with Gasteiger partial charge in [-0.05, 0) is 90.1 Å². The lowest BCUT2D eigenvalue weighted by atomic mass is 9.97. The molecule has 0 aliphatic rings. The van der Waals surface area contributed by atoms with Gasteiger partial charge in [0.1, 0.15) is 23.1 Å².